The van der Waals surface area contributed by atoms with E-state index in [1.165, 1.54) is 0 Å². The second kappa shape index (κ2) is 4.62. The molecule has 0 amide bonds. The van der Waals surface area contributed by atoms with E-state index in [0.717, 1.165) is 11.3 Å². The highest BCUT2D eigenvalue weighted by Gasteiger charge is 1.89. The molecule has 54 valence electrons. The molecule has 0 aliphatic heterocycles. The molecule has 0 heterocycles. The summed E-state index contributed by atoms with van der Waals surface area (Å²) in [6, 6.07) is 0. The van der Waals surface area contributed by atoms with Crippen LogP contribution in [0.5, 0.6) is 0 Å². The van der Waals surface area contributed by atoms with Crippen molar-refractivity contribution < 1.29 is 0 Å². The highest BCUT2D eigenvalue weighted by Crippen LogP contribution is 2.03. The standard InChI is InChI=1S/C9H13N/c1-4-7-8(5-2)9(10)6-3/h4-7H,1-2,10H2,3H3/b8-7-,9-6+. The highest BCUT2D eigenvalue weighted by molar-refractivity contribution is 5.38. The van der Waals surface area contributed by atoms with Crippen molar-refractivity contribution in [3.63, 3.8) is 0 Å². The Morgan fingerprint density at radius 1 is 1.40 bits per heavy atom. The average molecular weight is 135 g/mol. The SMILES string of the molecule is C=C/C=C(C=C)\C(N)=C/C. The predicted molar refractivity (Wildman–Crippen MR) is 46.4 cm³/mol. The molecule has 0 bridgehead atoms. The third kappa shape index (κ3) is 2.35. The maximum atomic E-state index is 5.59. The van der Waals surface area contributed by atoms with E-state index in [0.29, 0.717) is 0 Å². The molecule has 0 saturated carbocycles. The van der Waals surface area contributed by atoms with E-state index in [2.05, 4.69) is 13.2 Å². The van der Waals surface area contributed by atoms with Crippen molar-refractivity contribution in [1.82, 2.24) is 0 Å². The quantitative estimate of drug-likeness (QED) is 0.589. The first-order chi connectivity index (χ1) is 4.76. The lowest BCUT2D eigenvalue weighted by atomic mass is 10.2. The summed E-state index contributed by atoms with van der Waals surface area (Å²) in [5.74, 6) is 0. The molecule has 1 nitrogen and oxygen atoms in total. The largest absolute Gasteiger partial charge is 0.399 e. The molecule has 0 unspecified atom stereocenters. The third-order valence-electron chi connectivity index (χ3n) is 1.16. The summed E-state index contributed by atoms with van der Waals surface area (Å²) in [6.07, 6.45) is 7.05. The van der Waals surface area contributed by atoms with Gasteiger partial charge in [0.2, 0.25) is 0 Å². The van der Waals surface area contributed by atoms with Gasteiger partial charge in [-0.1, -0.05) is 37.5 Å². The van der Waals surface area contributed by atoms with Gasteiger partial charge < -0.3 is 5.73 Å². The van der Waals surface area contributed by atoms with E-state index in [1.807, 2.05) is 19.1 Å². The summed E-state index contributed by atoms with van der Waals surface area (Å²) in [6.45, 7) is 9.05. The molecule has 0 saturated heterocycles. The first-order valence-corrected chi connectivity index (χ1v) is 3.13. The Kier molecular flexibility index (Phi) is 4.05. The summed E-state index contributed by atoms with van der Waals surface area (Å²) in [7, 11) is 0. The van der Waals surface area contributed by atoms with Gasteiger partial charge in [-0.2, -0.15) is 0 Å². The molecule has 0 radical (unpaired) electrons. The fourth-order valence-electron chi connectivity index (χ4n) is 0.576. The maximum absolute atomic E-state index is 5.59. The van der Waals surface area contributed by atoms with Crippen molar-refractivity contribution in [1.29, 1.82) is 0 Å². The second-order valence-electron chi connectivity index (χ2n) is 1.81. The normalized spacial score (nSPS) is 12.9. The van der Waals surface area contributed by atoms with Crippen LogP contribution in [0.4, 0.5) is 0 Å². The van der Waals surface area contributed by atoms with Crippen LogP contribution in [0.1, 0.15) is 6.92 Å². The highest BCUT2D eigenvalue weighted by atomic mass is 14.6. The Bertz CT molecular complexity index is 185. The van der Waals surface area contributed by atoms with Crippen molar-refractivity contribution in [3.8, 4) is 0 Å². The minimum absolute atomic E-state index is 0.731. The third-order valence-corrected chi connectivity index (χ3v) is 1.16. The lowest BCUT2D eigenvalue weighted by Gasteiger charge is -1.97. The first kappa shape index (κ1) is 8.76. The molecule has 0 aromatic heterocycles. The molecule has 0 aromatic rings. The molecule has 1 heteroatoms. The smallest absolute Gasteiger partial charge is 0.0344 e. The van der Waals surface area contributed by atoms with Gasteiger partial charge in [-0.3, -0.25) is 0 Å². The van der Waals surface area contributed by atoms with E-state index in [9.17, 15) is 0 Å². The van der Waals surface area contributed by atoms with Gasteiger partial charge in [0, 0.05) is 5.70 Å². The Morgan fingerprint density at radius 3 is 2.30 bits per heavy atom. The van der Waals surface area contributed by atoms with E-state index >= 15 is 0 Å². The van der Waals surface area contributed by atoms with Crippen LogP contribution in [0.3, 0.4) is 0 Å². The monoisotopic (exact) mass is 135 g/mol. The van der Waals surface area contributed by atoms with Gasteiger partial charge in [0.15, 0.2) is 0 Å². The summed E-state index contributed by atoms with van der Waals surface area (Å²) in [4.78, 5) is 0. The Labute approximate surface area is 62.2 Å². The Morgan fingerprint density at radius 2 is 2.00 bits per heavy atom. The van der Waals surface area contributed by atoms with Crippen LogP contribution < -0.4 is 5.73 Å². The van der Waals surface area contributed by atoms with Crippen LogP contribution in [0.2, 0.25) is 0 Å². The average Bonchev–Trinajstić information content (AvgIpc) is 1.99. The van der Waals surface area contributed by atoms with E-state index in [4.69, 9.17) is 5.73 Å². The van der Waals surface area contributed by atoms with Crippen molar-refractivity contribution in [2.24, 2.45) is 5.73 Å². The zero-order valence-corrected chi connectivity index (χ0v) is 6.30. The Balaban J connectivity index is 4.51. The van der Waals surface area contributed by atoms with Crippen LogP contribution in [0.25, 0.3) is 0 Å². The van der Waals surface area contributed by atoms with Gasteiger partial charge in [0.25, 0.3) is 0 Å². The minimum atomic E-state index is 0.731. The van der Waals surface area contributed by atoms with Crippen molar-refractivity contribution in [2.75, 3.05) is 0 Å². The van der Waals surface area contributed by atoms with E-state index < -0.39 is 0 Å². The van der Waals surface area contributed by atoms with Gasteiger partial charge in [-0.25, -0.2) is 0 Å². The molecule has 0 rings (SSSR count). The summed E-state index contributed by atoms with van der Waals surface area (Å²) in [5, 5.41) is 0. The maximum Gasteiger partial charge on any atom is 0.0344 e. The molecular weight excluding hydrogens is 122 g/mol. The summed E-state index contributed by atoms with van der Waals surface area (Å²) in [5.41, 5.74) is 7.23. The second-order valence-corrected chi connectivity index (χ2v) is 1.81. The Hall–Kier alpha value is -1.24. The van der Waals surface area contributed by atoms with Crippen LogP contribution in [0.15, 0.2) is 48.7 Å². The first-order valence-electron chi connectivity index (χ1n) is 3.13. The number of hydrogen-bond donors (Lipinski definition) is 1. The van der Waals surface area contributed by atoms with Crippen molar-refractivity contribution in [2.45, 2.75) is 6.92 Å². The van der Waals surface area contributed by atoms with Crippen LogP contribution in [-0.2, 0) is 0 Å². The zero-order valence-electron chi connectivity index (χ0n) is 6.30. The topological polar surface area (TPSA) is 26.0 Å². The molecule has 0 fully saturated rings. The fourth-order valence-corrected chi connectivity index (χ4v) is 0.576. The molecule has 0 aliphatic carbocycles. The van der Waals surface area contributed by atoms with Gasteiger partial charge in [-0.15, -0.1) is 0 Å². The summed E-state index contributed by atoms with van der Waals surface area (Å²) < 4.78 is 0. The zero-order chi connectivity index (χ0) is 7.98. The fraction of sp³-hybridized carbons (Fsp3) is 0.111. The van der Waals surface area contributed by atoms with Gasteiger partial charge in [0.05, 0.1) is 0 Å². The predicted octanol–water partition coefficient (Wildman–Crippen LogP) is 2.15. The van der Waals surface area contributed by atoms with Crippen LogP contribution >= 0.6 is 0 Å². The molecule has 2 N–H and O–H groups in total. The minimum Gasteiger partial charge on any atom is -0.399 e. The molecule has 10 heavy (non-hydrogen) atoms. The molecular formula is C9H13N. The van der Waals surface area contributed by atoms with Gasteiger partial charge >= 0.3 is 0 Å². The van der Waals surface area contributed by atoms with E-state index in [-0.39, 0.29) is 0 Å². The lowest BCUT2D eigenvalue weighted by molar-refractivity contribution is 1.33. The van der Waals surface area contributed by atoms with Crippen LogP contribution in [0, 0.1) is 0 Å². The van der Waals surface area contributed by atoms with Gasteiger partial charge in [-0.05, 0) is 12.5 Å². The van der Waals surface area contributed by atoms with Gasteiger partial charge in [0.1, 0.15) is 0 Å². The van der Waals surface area contributed by atoms with Crippen molar-refractivity contribution >= 4 is 0 Å². The number of allylic oxidation sites excluding steroid dienone is 4. The molecule has 0 spiro atoms. The molecule has 0 aromatic carbocycles. The number of rotatable bonds is 3. The lowest BCUT2D eigenvalue weighted by Crippen LogP contribution is -1.97. The van der Waals surface area contributed by atoms with E-state index in [1.54, 1.807) is 12.2 Å². The van der Waals surface area contributed by atoms with Crippen LogP contribution in [-0.4, -0.2) is 0 Å². The molecule has 0 atom stereocenters. The number of hydrogen-bond acceptors (Lipinski definition) is 1. The number of nitrogens with two attached hydrogens (primary N) is 1. The van der Waals surface area contributed by atoms with Crippen molar-refractivity contribution in [3.05, 3.63) is 48.7 Å². The molecule has 0 aliphatic rings. The summed E-state index contributed by atoms with van der Waals surface area (Å²) >= 11 is 0.